The highest BCUT2D eigenvalue weighted by atomic mass is 19.1. The molecule has 1 N–H and O–H groups in total. The van der Waals surface area contributed by atoms with Crippen LogP contribution in [0.4, 0.5) is 4.39 Å². The van der Waals surface area contributed by atoms with Crippen LogP contribution >= 0.6 is 0 Å². The van der Waals surface area contributed by atoms with E-state index in [0.717, 1.165) is 0 Å². The van der Waals surface area contributed by atoms with Gasteiger partial charge in [0.25, 0.3) is 0 Å². The highest BCUT2D eigenvalue weighted by Crippen LogP contribution is 2.25. The van der Waals surface area contributed by atoms with Crippen molar-refractivity contribution in [1.82, 2.24) is 0 Å². The molecule has 0 saturated carbocycles. The summed E-state index contributed by atoms with van der Waals surface area (Å²) in [6, 6.07) is 0. The first-order valence-corrected chi connectivity index (χ1v) is 4.45. The molecule has 0 unspecified atom stereocenters. The van der Waals surface area contributed by atoms with Crippen LogP contribution < -0.4 is 5.06 Å². The number of piperidine rings is 1. The first-order valence-electron chi connectivity index (χ1n) is 4.45. The fourth-order valence-electron chi connectivity index (χ4n) is 2.28. The third kappa shape index (κ3) is 1.62. The van der Waals surface area contributed by atoms with Crippen LogP contribution in [0.15, 0.2) is 0 Å². The summed E-state index contributed by atoms with van der Waals surface area (Å²) in [5, 5.41) is 11.9. The van der Waals surface area contributed by atoms with Gasteiger partial charge >= 0.3 is 0 Å². The van der Waals surface area contributed by atoms with Crippen molar-refractivity contribution in [3.05, 3.63) is 5.21 Å². The number of alkyl halides is 1. The van der Waals surface area contributed by atoms with E-state index in [1.54, 1.807) is 0 Å². The number of hydroxylamine groups is 2. The van der Waals surface area contributed by atoms with Crippen LogP contribution in [0.5, 0.6) is 0 Å². The monoisotopic (exact) mass is 175 g/mol. The smallest absolute Gasteiger partial charge is 0.112 e. The molecule has 0 atom stereocenters. The molecule has 2 nitrogen and oxygen atoms in total. The van der Waals surface area contributed by atoms with Crippen LogP contribution in [-0.4, -0.2) is 17.2 Å². The number of hydrogen-bond donors (Lipinski definition) is 1. The van der Waals surface area contributed by atoms with E-state index in [4.69, 9.17) is 0 Å². The molecule has 12 heavy (non-hydrogen) atoms. The molecule has 0 aromatic heterocycles. The first-order chi connectivity index (χ1) is 5.26. The zero-order chi connectivity index (χ0) is 9.57. The van der Waals surface area contributed by atoms with Gasteiger partial charge in [-0.3, -0.25) is 0 Å². The quantitative estimate of drug-likeness (QED) is 0.548. The van der Waals surface area contributed by atoms with Gasteiger partial charge in [-0.2, -0.15) is 0 Å². The van der Waals surface area contributed by atoms with E-state index in [2.05, 4.69) is 0 Å². The summed E-state index contributed by atoms with van der Waals surface area (Å²) in [6.07, 6.45) is -0.0439. The Bertz CT molecular complexity index is 161. The Kier molecular flexibility index (Phi) is 2.21. The van der Waals surface area contributed by atoms with E-state index in [1.165, 1.54) is 0 Å². The third-order valence-electron chi connectivity index (χ3n) is 2.69. The normalized spacial score (nSPS) is 39.5. The summed E-state index contributed by atoms with van der Waals surface area (Å²) in [7, 11) is 0. The Morgan fingerprint density at radius 3 is 1.83 bits per heavy atom. The van der Waals surface area contributed by atoms with E-state index < -0.39 is 17.2 Å². The number of halogens is 1. The number of quaternary nitrogens is 1. The van der Waals surface area contributed by atoms with E-state index in [1.807, 2.05) is 27.7 Å². The van der Waals surface area contributed by atoms with Crippen molar-refractivity contribution >= 4 is 0 Å². The van der Waals surface area contributed by atoms with Gasteiger partial charge in [0, 0.05) is 12.8 Å². The topological polar surface area (TPSA) is 27.5 Å². The van der Waals surface area contributed by atoms with Crippen LogP contribution in [0.2, 0.25) is 0 Å². The number of hydrogen-bond acceptors (Lipinski definition) is 1. The SMILES string of the molecule is CC1(C)CC(F)CC(C)(C)[NH+]1[O-]. The van der Waals surface area contributed by atoms with Crippen LogP contribution in [0.25, 0.3) is 0 Å². The first kappa shape index (κ1) is 9.93. The zero-order valence-corrected chi connectivity index (χ0v) is 8.28. The number of nitrogens with one attached hydrogen (secondary N) is 1. The summed E-state index contributed by atoms with van der Waals surface area (Å²) in [4.78, 5) is 0. The Balaban J connectivity index is 2.84. The van der Waals surface area contributed by atoms with Crippen molar-refractivity contribution in [1.29, 1.82) is 0 Å². The molecule has 1 aliphatic rings. The van der Waals surface area contributed by atoms with Gasteiger partial charge < -0.3 is 10.3 Å². The lowest BCUT2D eigenvalue weighted by Gasteiger charge is -2.53. The molecule has 1 fully saturated rings. The summed E-state index contributed by atoms with van der Waals surface area (Å²) in [5.74, 6) is 0. The molecule has 0 aromatic carbocycles. The predicted octanol–water partition coefficient (Wildman–Crippen LogP) is 1.06. The molecule has 1 heterocycles. The Morgan fingerprint density at radius 2 is 1.50 bits per heavy atom. The molecule has 3 heteroatoms. The van der Waals surface area contributed by atoms with Crippen molar-refractivity contribution in [2.24, 2.45) is 0 Å². The molecule has 72 valence electrons. The molecule has 0 amide bonds. The lowest BCUT2D eigenvalue weighted by Crippen LogP contribution is -3.23. The van der Waals surface area contributed by atoms with E-state index in [0.29, 0.717) is 12.8 Å². The van der Waals surface area contributed by atoms with E-state index >= 15 is 0 Å². The standard InChI is InChI=1S/C9H18FNO/c1-8(2)5-7(10)6-9(3,4)11(8)12/h7,11H,5-6H2,1-4H3. The van der Waals surface area contributed by atoms with Gasteiger partial charge in [-0.25, -0.2) is 4.39 Å². The molecule has 0 aliphatic carbocycles. The maximum atomic E-state index is 13.2. The van der Waals surface area contributed by atoms with Gasteiger partial charge in [-0.15, -0.1) is 0 Å². The molecule has 0 aromatic rings. The number of rotatable bonds is 0. The highest BCUT2D eigenvalue weighted by molar-refractivity contribution is 4.86. The van der Waals surface area contributed by atoms with Gasteiger partial charge in [-0.05, 0) is 27.7 Å². The average Bonchev–Trinajstić information content (AvgIpc) is 1.80. The summed E-state index contributed by atoms with van der Waals surface area (Å²) >= 11 is 0. The minimum Gasteiger partial charge on any atom is -0.634 e. The van der Waals surface area contributed by atoms with Gasteiger partial charge in [0.2, 0.25) is 0 Å². The van der Waals surface area contributed by atoms with Gasteiger partial charge in [0.15, 0.2) is 0 Å². The highest BCUT2D eigenvalue weighted by Gasteiger charge is 2.45. The predicted molar refractivity (Wildman–Crippen MR) is 46.6 cm³/mol. The maximum Gasteiger partial charge on any atom is 0.112 e. The van der Waals surface area contributed by atoms with Crippen molar-refractivity contribution in [3.63, 3.8) is 0 Å². The van der Waals surface area contributed by atoms with Crippen LogP contribution in [0.1, 0.15) is 40.5 Å². The van der Waals surface area contributed by atoms with Crippen molar-refractivity contribution in [2.45, 2.75) is 57.8 Å². The largest absolute Gasteiger partial charge is 0.634 e. The molecular weight excluding hydrogens is 157 g/mol. The van der Waals surface area contributed by atoms with Crippen molar-refractivity contribution < 1.29 is 9.45 Å². The van der Waals surface area contributed by atoms with Crippen LogP contribution in [0, 0.1) is 5.21 Å². The van der Waals surface area contributed by atoms with Gasteiger partial charge in [-0.1, -0.05) is 0 Å². The van der Waals surface area contributed by atoms with E-state index in [9.17, 15) is 9.60 Å². The summed E-state index contributed by atoms with van der Waals surface area (Å²) < 4.78 is 13.2. The lowest BCUT2D eigenvalue weighted by atomic mass is 9.81. The van der Waals surface area contributed by atoms with Gasteiger partial charge in [0.1, 0.15) is 6.17 Å². The molecule has 1 rings (SSSR count). The second kappa shape index (κ2) is 2.67. The van der Waals surface area contributed by atoms with Crippen molar-refractivity contribution in [3.8, 4) is 0 Å². The molecule has 0 radical (unpaired) electrons. The molecule has 0 bridgehead atoms. The maximum absolute atomic E-state index is 13.2. The molecule has 0 spiro atoms. The minimum absolute atomic E-state index is 0.198. The van der Waals surface area contributed by atoms with Crippen LogP contribution in [0.3, 0.4) is 0 Å². The van der Waals surface area contributed by atoms with E-state index in [-0.39, 0.29) is 5.06 Å². The Morgan fingerprint density at radius 1 is 1.17 bits per heavy atom. The molecule has 1 aliphatic heterocycles. The molecule has 1 saturated heterocycles. The lowest BCUT2D eigenvalue weighted by molar-refractivity contribution is -0.956. The van der Waals surface area contributed by atoms with Crippen molar-refractivity contribution in [2.75, 3.05) is 0 Å². The zero-order valence-electron chi connectivity index (χ0n) is 8.28. The summed E-state index contributed by atoms with van der Waals surface area (Å²) in [6.45, 7) is 7.34. The summed E-state index contributed by atoms with van der Waals surface area (Å²) in [5.41, 5.74) is -0.942. The van der Waals surface area contributed by atoms with Gasteiger partial charge in [0.05, 0.1) is 11.1 Å². The second-order valence-electron chi connectivity index (χ2n) is 5.10. The fraction of sp³-hybridized carbons (Fsp3) is 1.00. The Labute approximate surface area is 73.3 Å². The Hall–Kier alpha value is -0.150. The third-order valence-corrected chi connectivity index (χ3v) is 2.69. The molecular formula is C9H18FNO. The van der Waals surface area contributed by atoms with Crippen LogP contribution in [-0.2, 0) is 0 Å². The average molecular weight is 175 g/mol. The minimum atomic E-state index is -0.812. The second-order valence-corrected chi connectivity index (χ2v) is 5.10. The fourth-order valence-corrected chi connectivity index (χ4v) is 2.28.